The molecule has 0 aliphatic carbocycles. The first-order valence-electron chi connectivity index (χ1n) is 9.32. The lowest BCUT2D eigenvalue weighted by atomic mass is 10.2. The summed E-state index contributed by atoms with van der Waals surface area (Å²) in [7, 11) is -2.28. The molecule has 1 aromatic carbocycles. The van der Waals surface area contributed by atoms with Crippen molar-refractivity contribution in [2.45, 2.75) is 4.90 Å². The number of pyridine rings is 1. The van der Waals surface area contributed by atoms with E-state index in [2.05, 4.69) is 15.2 Å². The first kappa shape index (κ1) is 20.5. The van der Waals surface area contributed by atoms with Crippen molar-refractivity contribution in [3.8, 4) is 17.0 Å². The summed E-state index contributed by atoms with van der Waals surface area (Å²) in [6, 6.07) is 12.1. The van der Waals surface area contributed by atoms with Gasteiger partial charge in [-0.25, -0.2) is 8.42 Å². The van der Waals surface area contributed by atoms with E-state index in [0.717, 1.165) is 11.3 Å². The first-order chi connectivity index (χ1) is 14.5. The summed E-state index contributed by atoms with van der Waals surface area (Å²) in [6.45, 7) is 1.66. The fourth-order valence-electron chi connectivity index (χ4n) is 3.32. The smallest absolute Gasteiger partial charge is 0.246 e. The number of benzene rings is 1. The first-order valence-corrected chi connectivity index (χ1v) is 11.1. The molecule has 1 saturated heterocycles. The van der Waals surface area contributed by atoms with Gasteiger partial charge in [-0.15, -0.1) is 10.2 Å². The highest BCUT2D eigenvalue weighted by atomic mass is 35.5. The van der Waals surface area contributed by atoms with Gasteiger partial charge < -0.3 is 9.64 Å². The minimum absolute atomic E-state index is 0.0763. The second-order valence-electron chi connectivity index (χ2n) is 6.70. The number of rotatable bonds is 5. The molecule has 2 aromatic heterocycles. The van der Waals surface area contributed by atoms with Gasteiger partial charge in [-0.05, 0) is 42.5 Å². The van der Waals surface area contributed by atoms with Crippen molar-refractivity contribution in [2.75, 3.05) is 38.2 Å². The summed E-state index contributed by atoms with van der Waals surface area (Å²) >= 11 is 6.01. The molecule has 156 valence electrons. The Morgan fingerprint density at radius 1 is 0.967 bits per heavy atom. The number of nitrogens with zero attached hydrogens (tertiary/aromatic N) is 5. The van der Waals surface area contributed by atoms with E-state index < -0.39 is 10.0 Å². The van der Waals surface area contributed by atoms with E-state index in [9.17, 15) is 8.42 Å². The summed E-state index contributed by atoms with van der Waals surface area (Å²) in [5.41, 5.74) is 1.70. The molecule has 0 amide bonds. The molecular formula is C20H20ClN5O3S. The molecule has 0 N–H and O–H groups in total. The van der Waals surface area contributed by atoms with Crippen LogP contribution in [0, 0.1) is 0 Å². The number of piperazine rings is 1. The van der Waals surface area contributed by atoms with Gasteiger partial charge in [0, 0.05) is 49.2 Å². The predicted molar refractivity (Wildman–Crippen MR) is 114 cm³/mol. The van der Waals surface area contributed by atoms with Gasteiger partial charge in [0.25, 0.3) is 0 Å². The highest BCUT2D eigenvalue weighted by molar-refractivity contribution is 7.89. The molecule has 3 heterocycles. The van der Waals surface area contributed by atoms with Crippen LogP contribution in [-0.4, -0.2) is 61.2 Å². The van der Waals surface area contributed by atoms with Crippen molar-refractivity contribution in [3.05, 3.63) is 59.9 Å². The van der Waals surface area contributed by atoms with Crippen LogP contribution in [0.5, 0.6) is 5.75 Å². The Balaban J connectivity index is 1.47. The molecule has 30 heavy (non-hydrogen) atoms. The standard InChI is InChI=1S/C20H20ClN5O3S/c1-29-18-4-2-16(21)14-19(18)30(27,28)26-12-10-25(11-13-26)20-5-3-17(23-24-20)15-6-8-22-9-7-15/h2-9,14H,10-13H2,1H3. The van der Waals surface area contributed by atoms with Crippen LogP contribution in [-0.2, 0) is 10.0 Å². The van der Waals surface area contributed by atoms with Crippen LogP contribution < -0.4 is 9.64 Å². The summed E-state index contributed by atoms with van der Waals surface area (Å²) in [6.07, 6.45) is 3.42. The van der Waals surface area contributed by atoms with Gasteiger partial charge in [0.15, 0.2) is 5.82 Å². The molecule has 0 saturated carbocycles. The molecule has 3 aromatic rings. The molecule has 0 unspecified atom stereocenters. The van der Waals surface area contributed by atoms with Crippen molar-refractivity contribution in [3.63, 3.8) is 0 Å². The molecular weight excluding hydrogens is 426 g/mol. The Morgan fingerprint density at radius 3 is 2.33 bits per heavy atom. The van der Waals surface area contributed by atoms with Crippen LogP contribution in [0.4, 0.5) is 5.82 Å². The van der Waals surface area contributed by atoms with Crippen LogP contribution in [0.25, 0.3) is 11.3 Å². The number of anilines is 1. The van der Waals surface area contributed by atoms with Gasteiger partial charge in [0.1, 0.15) is 10.6 Å². The molecule has 0 radical (unpaired) electrons. The van der Waals surface area contributed by atoms with Gasteiger partial charge in [0.05, 0.1) is 12.8 Å². The SMILES string of the molecule is COc1ccc(Cl)cc1S(=O)(=O)N1CCN(c2ccc(-c3ccncc3)nn2)CC1. The zero-order valence-corrected chi connectivity index (χ0v) is 17.8. The van der Waals surface area contributed by atoms with Crippen molar-refractivity contribution < 1.29 is 13.2 Å². The third kappa shape index (κ3) is 4.09. The average Bonchev–Trinajstić information content (AvgIpc) is 2.80. The van der Waals surface area contributed by atoms with Gasteiger partial charge in [-0.1, -0.05) is 11.6 Å². The third-order valence-electron chi connectivity index (χ3n) is 4.93. The lowest BCUT2D eigenvalue weighted by molar-refractivity contribution is 0.373. The van der Waals surface area contributed by atoms with Gasteiger partial charge >= 0.3 is 0 Å². The van der Waals surface area contributed by atoms with Crippen LogP contribution in [0.2, 0.25) is 5.02 Å². The van der Waals surface area contributed by atoms with E-state index in [1.165, 1.54) is 17.5 Å². The van der Waals surface area contributed by atoms with Gasteiger partial charge in [-0.2, -0.15) is 4.31 Å². The highest BCUT2D eigenvalue weighted by Gasteiger charge is 2.31. The Bertz CT molecular complexity index is 1120. The molecule has 10 heteroatoms. The summed E-state index contributed by atoms with van der Waals surface area (Å²) in [5, 5.41) is 8.95. The third-order valence-corrected chi connectivity index (χ3v) is 7.09. The lowest BCUT2D eigenvalue weighted by Crippen LogP contribution is -2.49. The number of methoxy groups -OCH3 is 1. The van der Waals surface area contributed by atoms with E-state index in [-0.39, 0.29) is 10.6 Å². The molecule has 0 atom stereocenters. The van der Waals surface area contributed by atoms with Gasteiger partial charge in [0.2, 0.25) is 10.0 Å². The minimum Gasteiger partial charge on any atom is -0.495 e. The van der Waals surface area contributed by atoms with E-state index in [4.69, 9.17) is 16.3 Å². The summed E-state index contributed by atoms with van der Waals surface area (Å²) < 4.78 is 32.9. The van der Waals surface area contributed by atoms with Crippen LogP contribution in [0.1, 0.15) is 0 Å². The maximum absolute atomic E-state index is 13.1. The number of sulfonamides is 1. The van der Waals surface area contributed by atoms with E-state index >= 15 is 0 Å². The van der Waals surface area contributed by atoms with Crippen molar-refractivity contribution in [1.29, 1.82) is 0 Å². The summed E-state index contributed by atoms with van der Waals surface area (Å²) in [4.78, 5) is 6.10. The van der Waals surface area contributed by atoms with Crippen LogP contribution in [0.15, 0.2) is 59.8 Å². The topological polar surface area (TPSA) is 88.5 Å². The molecule has 1 aliphatic heterocycles. The average molecular weight is 446 g/mol. The Morgan fingerprint density at radius 2 is 1.70 bits per heavy atom. The van der Waals surface area contributed by atoms with Gasteiger partial charge in [-0.3, -0.25) is 4.98 Å². The molecule has 4 rings (SSSR count). The Hall–Kier alpha value is -2.75. The molecule has 1 aliphatic rings. The second kappa shape index (κ2) is 8.55. The molecule has 0 bridgehead atoms. The largest absolute Gasteiger partial charge is 0.495 e. The number of halogens is 1. The molecule has 1 fully saturated rings. The van der Waals surface area contributed by atoms with E-state index in [1.807, 2.05) is 29.2 Å². The molecule has 0 spiro atoms. The summed E-state index contributed by atoms with van der Waals surface area (Å²) in [5.74, 6) is 0.990. The Kier molecular flexibility index (Phi) is 5.85. The van der Waals surface area contributed by atoms with E-state index in [0.29, 0.717) is 37.0 Å². The van der Waals surface area contributed by atoms with E-state index in [1.54, 1.807) is 24.5 Å². The maximum Gasteiger partial charge on any atom is 0.246 e. The number of hydrogen-bond acceptors (Lipinski definition) is 7. The van der Waals surface area contributed by atoms with Crippen molar-refractivity contribution >= 4 is 27.4 Å². The lowest BCUT2D eigenvalue weighted by Gasteiger charge is -2.34. The van der Waals surface area contributed by atoms with Crippen LogP contribution in [0.3, 0.4) is 0 Å². The zero-order valence-electron chi connectivity index (χ0n) is 16.3. The van der Waals surface area contributed by atoms with Crippen molar-refractivity contribution in [1.82, 2.24) is 19.5 Å². The quantitative estimate of drug-likeness (QED) is 0.596. The number of aromatic nitrogens is 3. The second-order valence-corrected chi connectivity index (χ2v) is 9.04. The monoisotopic (exact) mass is 445 g/mol. The maximum atomic E-state index is 13.1. The Labute approximate surface area is 180 Å². The van der Waals surface area contributed by atoms with Crippen molar-refractivity contribution in [2.24, 2.45) is 0 Å². The number of ether oxygens (including phenoxy) is 1. The normalized spacial score (nSPS) is 15.2. The van der Waals surface area contributed by atoms with Crippen LogP contribution >= 0.6 is 11.6 Å². The molecule has 8 nitrogen and oxygen atoms in total. The highest BCUT2D eigenvalue weighted by Crippen LogP contribution is 2.30. The minimum atomic E-state index is -3.72. The fraction of sp³-hybridized carbons (Fsp3) is 0.250. The number of hydrogen-bond donors (Lipinski definition) is 0. The fourth-order valence-corrected chi connectivity index (χ4v) is 5.16. The predicted octanol–water partition coefficient (Wildman–Crippen LogP) is 2.71. The zero-order chi connectivity index (χ0) is 21.1.